The molecule has 0 saturated heterocycles. The fourth-order valence-corrected chi connectivity index (χ4v) is 1.55. The van der Waals surface area contributed by atoms with Crippen LogP contribution in [0.1, 0.15) is 11.1 Å². The highest BCUT2D eigenvalue weighted by molar-refractivity contribution is 5.78. The number of anilines is 1. The molecule has 2 aromatic rings. The summed E-state index contributed by atoms with van der Waals surface area (Å²) in [6, 6.07) is 5.96. The van der Waals surface area contributed by atoms with E-state index in [1.807, 2.05) is 0 Å². The molecule has 18 heavy (non-hydrogen) atoms. The van der Waals surface area contributed by atoms with Crippen molar-refractivity contribution < 1.29 is 9.18 Å². The lowest BCUT2D eigenvalue weighted by atomic mass is 10.1. The first-order chi connectivity index (χ1) is 8.65. The summed E-state index contributed by atoms with van der Waals surface area (Å²) in [5.74, 6) is -0.110. The smallest absolute Gasteiger partial charge is 0.224 e. The summed E-state index contributed by atoms with van der Waals surface area (Å²) in [5, 5.41) is 9.01. The predicted octanol–water partition coefficient (Wildman–Crippen LogP) is 0.990. The predicted molar refractivity (Wildman–Crippen MR) is 65.0 cm³/mol. The molecule has 5 nitrogen and oxygen atoms in total. The minimum atomic E-state index is -0.348. The number of nitrogens with two attached hydrogens (primary N) is 1. The first kappa shape index (κ1) is 12.1. The molecule has 0 saturated carbocycles. The minimum Gasteiger partial charge on any atom is -0.384 e. The third kappa shape index (κ3) is 3.07. The third-order valence-corrected chi connectivity index (χ3v) is 2.48. The number of aromatic amines is 1. The number of rotatable bonds is 4. The van der Waals surface area contributed by atoms with E-state index in [0.717, 1.165) is 5.56 Å². The SMILES string of the molecule is Nc1[nH]ncc1CNC(=O)Cc1cccc(F)c1. The van der Waals surface area contributed by atoms with Crippen molar-refractivity contribution in [1.82, 2.24) is 15.5 Å². The number of hydrogen-bond donors (Lipinski definition) is 3. The molecule has 0 radical (unpaired) electrons. The Kier molecular flexibility index (Phi) is 3.57. The molecule has 6 heteroatoms. The lowest BCUT2D eigenvalue weighted by Crippen LogP contribution is -2.24. The molecular formula is C12H13FN4O. The first-order valence-corrected chi connectivity index (χ1v) is 5.44. The number of aromatic nitrogens is 2. The molecule has 0 fully saturated rings. The van der Waals surface area contributed by atoms with Gasteiger partial charge in [-0.2, -0.15) is 5.10 Å². The van der Waals surface area contributed by atoms with Gasteiger partial charge >= 0.3 is 0 Å². The van der Waals surface area contributed by atoms with Crippen molar-refractivity contribution in [3.05, 3.63) is 47.4 Å². The fraction of sp³-hybridized carbons (Fsp3) is 0.167. The maximum atomic E-state index is 12.9. The number of amides is 1. The van der Waals surface area contributed by atoms with Crippen molar-refractivity contribution in [3.63, 3.8) is 0 Å². The fourth-order valence-electron chi connectivity index (χ4n) is 1.55. The Hall–Kier alpha value is -2.37. The van der Waals surface area contributed by atoms with Gasteiger partial charge in [0.15, 0.2) is 0 Å². The Labute approximate surface area is 103 Å². The molecule has 1 aromatic heterocycles. The zero-order valence-corrected chi connectivity index (χ0v) is 9.61. The van der Waals surface area contributed by atoms with Crippen molar-refractivity contribution >= 4 is 11.7 Å². The summed E-state index contributed by atoms with van der Waals surface area (Å²) in [5.41, 5.74) is 6.94. The zero-order chi connectivity index (χ0) is 13.0. The lowest BCUT2D eigenvalue weighted by molar-refractivity contribution is -0.120. The molecule has 2 rings (SSSR count). The van der Waals surface area contributed by atoms with Crippen molar-refractivity contribution in [3.8, 4) is 0 Å². The van der Waals surface area contributed by atoms with Gasteiger partial charge in [-0.1, -0.05) is 12.1 Å². The van der Waals surface area contributed by atoms with Crippen molar-refractivity contribution in [2.24, 2.45) is 0 Å². The Balaban J connectivity index is 1.88. The molecule has 0 unspecified atom stereocenters. The molecule has 94 valence electrons. The minimum absolute atomic E-state index is 0.134. The van der Waals surface area contributed by atoms with E-state index in [9.17, 15) is 9.18 Å². The number of hydrogen-bond acceptors (Lipinski definition) is 3. The number of halogens is 1. The molecule has 0 atom stereocenters. The van der Waals surface area contributed by atoms with Crippen LogP contribution in [0.4, 0.5) is 10.2 Å². The van der Waals surface area contributed by atoms with Gasteiger partial charge in [-0.25, -0.2) is 4.39 Å². The number of H-pyrrole nitrogens is 1. The maximum absolute atomic E-state index is 12.9. The second-order valence-electron chi connectivity index (χ2n) is 3.89. The summed E-state index contributed by atoms with van der Waals surface area (Å²) in [4.78, 5) is 11.6. The van der Waals surface area contributed by atoms with Crippen LogP contribution in [0.3, 0.4) is 0 Å². The van der Waals surface area contributed by atoms with Gasteiger partial charge in [0.05, 0.1) is 12.6 Å². The first-order valence-electron chi connectivity index (χ1n) is 5.44. The Bertz CT molecular complexity index is 553. The zero-order valence-electron chi connectivity index (χ0n) is 9.61. The summed E-state index contributed by atoms with van der Waals surface area (Å²) in [7, 11) is 0. The van der Waals surface area contributed by atoms with Crippen LogP contribution in [0, 0.1) is 5.82 Å². The standard InChI is InChI=1S/C12H13FN4O/c13-10-3-1-2-8(4-10)5-11(18)15-6-9-7-16-17-12(9)14/h1-4,7H,5-6H2,(H,15,18)(H3,14,16,17). The number of nitrogen functional groups attached to an aromatic ring is 1. The number of nitrogens with one attached hydrogen (secondary N) is 2. The molecule has 0 aliphatic heterocycles. The normalized spacial score (nSPS) is 10.3. The molecule has 1 aromatic carbocycles. The van der Waals surface area contributed by atoms with Crippen molar-refractivity contribution in [2.45, 2.75) is 13.0 Å². The molecule has 1 amide bonds. The summed E-state index contributed by atoms with van der Waals surface area (Å²) in [6.45, 7) is 0.302. The van der Waals surface area contributed by atoms with Gasteiger partial charge in [-0.15, -0.1) is 0 Å². The summed E-state index contributed by atoms with van der Waals surface area (Å²) >= 11 is 0. The largest absolute Gasteiger partial charge is 0.384 e. The molecule has 0 aliphatic carbocycles. The highest BCUT2D eigenvalue weighted by Gasteiger charge is 2.06. The van der Waals surface area contributed by atoms with Crippen LogP contribution >= 0.6 is 0 Å². The van der Waals surface area contributed by atoms with E-state index < -0.39 is 0 Å². The van der Waals surface area contributed by atoms with Gasteiger partial charge in [0.2, 0.25) is 5.91 Å². The summed E-state index contributed by atoms with van der Waals surface area (Å²) in [6.07, 6.45) is 1.69. The van der Waals surface area contributed by atoms with E-state index in [2.05, 4.69) is 15.5 Å². The Morgan fingerprint density at radius 2 is 2.33 bits per heavy atom. The van der Waals surface area contributed by atoms with Crippen molar-refractivity contribution in [2.75, 3.05) is 5.73 Å². The molecule has 0 bridgehead atoms. The summed E-state index contributed by atoms with van der Waals surface area (Å²) < 4.78 is 12.9. The van der Waals surface area contributed by atoms with Gasteiger partial charge in [0.25, 0.3) is 0 Å². The molecular weight excluding hydrogens is 235 g/mol. The van der Waals surface area contributed by atoms with Gasteiger partial charge in [0, 0.05) is 12.1 Å². The van der Waals surface area contributed by atoms with E-state index in [4.69, 9.17) is 5.73 Å². The lowest BCUT2D eigenvalue weighted by Gasteiger charge is -2.04. The van der Waals surface area contributed by atoms with Gasteiger partial charge < -0.3 is 11.1 Å². The van der Waals surface area contributed by atoms with Crippen LogP contribution in [0.2, 0.25) is 0 Å². The van der Waals surface area contributed by atoms with E-state index in [1.165, 1.54) is 12.1 Å². The second-order valence-corrected chi connectivity index (χ2v) is 3.89. The number of nitrogens with zero attached hydrogens (tertiary/aromatic N) is 1. The van der Waals surface area contributed by atoms with Crippen molar-refractivity contribution in [1.29, 1.82) is 0 Å². The van der Waals surface area contributed by atoms with Crippen LogP contribution < -0.4 is 11.1 Å². The van der Waals surface area contributed by atoms with E-state index in [0.29, 0.717) is 17.9 Å². The molecule has 0 spiro atoms. The Morgan fingerprint density at radius 1 is 1.50 bits per heavy atom. The number of carbonyl (C=O) groups excluding carboxylic acids is 1. The Morgan fingerprint density at radius 3 is 3.00 bits per heavy atom. The van der Waals surface area contributed by atoms with Gasteiger partial charge in [-0.05, 0) is 17.7 Å². The number of benzene rings is 1. The van der Waals surface area contributed by atoms with Crippen LogP contribution in [-0.2, 0) is 17.8 Å². The van der Waals surface area contributed by atoms with Crippen LogP contribution in [0.25, 0.3) is 0 Å². The highest BCUT2D eigenvalue weighted by atomic mass is 19.1. The topological polar surface area (TPSA) is 83.8 Å². The van der Waals surface area contributed by atoms with Gasteiger partial charge in [-0.3, -0.25) is 9.89 Å². The van der Waals surface area contributed by atoms with Crippen LogP contribution in [-0.4, -0.2) is 16.1 Å². The van der Waals surface area contributed by atoms with Gasteiger partial charge in [0.1, 0.15) is 11.6 Å². The van der Waals surface area contributed by atoms with E-state index in [-0.39, 0.29) is 18.1 Å². The van der Waals surface area contributed by atoms with E-state index in [1.54, 1.807) is 18.3 Å². The second kappa shape index (κ2) is 5.31. The highest BCUT2D eigenvalue weighted by Crippen LogP contribution is 2.06. The van der Waals surface area contributed by atoms with E-state index >= 15 is 0 Å². The third-order valence-electron chi connectivity index (χ3n) is 2.48. The molecule has 4 N–H and O–H groups in total. The van der Waals surface area contributed by atoms with Crippen LogP contribution in [0.5, 0.6) is 0 Å². The average molecular weight is 248 g/mol. The number of carbonyl (C=O) groups is 1. The average Bonchev–Trinajstić information content (AvgIpc) is 2.72. The monoisotopic (exact) mass is 248 g/mol. The van der Waals surface area contributed by atoms with Crippen LogP contribution in [0.15, 0.2) is 30.5 Å². The maximum Gasteiger partial charge on any atom is 0.224 e. The molecule has 1 heterocycles. The quantitative estimate of drug-likeness (QED) is 0.754. The molecule has 0 aliphatic rings.